The number of nitrogens with one attached hydrogen (secondary N) is 1. The molecule has 0 saturated carbocycles. The van der Waals surface area contributed by atoms with E-state index in [9.17, 15) is 5.11 Å². The normalized spacial score (nSPS) is 24.5. The van der Waals surface area contributed by atoms with Crippen LogP contribution in [0.15, 0.2) is 4.42 Å². The minimum Gasteiger partial charge on any atom is -0.407 e. The number of aliphatic hydroxyl groups excluding tert-OH is 1. The van der Waals surface area contributed by atoms with E-state index in [4.69, 9.17) is 4.42 Å². The van der Waals surface area contributed by atoms with E-state index in [1.54, 1.807) is 0 Å². The highest BCUT2D eigenvalue weighted by molar-refractivity contribution is 5.25. The first-order valence-electron chi connectivity index (χ1n) is 6.66. The molecule has 0 bridgehead atoms. The summed E-state index contributed by atoms with van der Waals surface area (Å²) in [6.45, 7) is 7.27. The van der Waals surface area contributed by atoms with Crippen LogP contribution in [0.5, 0.6) is 0 Å². The van der Waals surface area contributed by atoms with Crippen LogP contribution >= 0.6 is 0 Å². The van der Waals surface area contributed by atoms with Gasteiger partial charge < -0.3 is 19.7 Å². The Bertz CT molecular complexity index is 369. The number of piperidine rings is 1. The molecule has 102 valence electrons. The van der Waals surface area contributed by atoms with Gasteiger partial charge in [-0.2, -0.15) is 0 Å². The summed E-state index contributed by atoms with van der Waals surface area (Å²) in [6, 6.07) is 0.571. The van der Waals surface area contributed by atoms with Gasteiger partial charge in [-0.15, -0.1) is 5.10 Å². The molecule has 0 radical (unpaired) electrons. The SMILES string of the molecule is CCCNCc1nnc(N2CCC(O)C(C)C2)o1. The van der Waals surface area contributed by atoms with Gasteiger partial charge >= 0.3 is 6.01 Å². The van der Waals surface area contributed by atoms with Crippen molar-refractivity contribution in [1.29, 1.82) is 0 Å². The molecule has 0 aromatic carbocycles. The number of aliphatic hydroxyl groups is 1. The van der Waals surface area contributed by atoms with Gasteiger partial charge in [-0.3, -0.25) is 0 Å². The third-order valence-electron chi connectivity index (χ3n) is 3.29. The zero-order valence-electron chi connectivity index (χ0n) is 11.1. The highest BCUT2D eigenvalue weighted by Crippen LogP contribution is 2.22. The fourth-order valence-corrected chi connectivity index (χ4v) is 2.12. The molecule has 1 fully saturated rings. The molecular formula is C12H22N4O2. The minimum absolute atomic E-state index is 0.213. The Morgan fingerprint density at radius 3 is 3.06 bits per heavy atom. The van der Waals surface area contributed by atoms with Crippen LogP contribution in [0.3, 0.4) is 0 Å². The van der Waals surface area contributed by atoms with E-state index in [-0.39, 0.29) is 12.0 Å². The second-order valence-electron chi connectivity index (χ2n) is 4.93. The molecule has 2 atom stereocenters. The zero-order chi connectivity index (χ0) is 13.0. The lowest BCUT2D eigenvalue weighted by atomic mass is 9.97. The van der Waals surface area contributed by atoms with Crippen LogP contribution in [0.2, 0.25) is 0 Å². The monoisotopic (exact) mass is 254 g/mol. The molecule has 2 heterocycles. The largest absolute Gasteiger partial charge is 0.407 e. The van der Waals surface area contributed by atoms with Gasteiger partial charge in [0, 0.05) is 13.1 Å². The number of anilines is 1. The molecule has 1 saturated heterocycles. The van der Waals surface area contributed by atoms with Gasteiger partial charge in [0.2, 0.25) is 5.89 Å². The number of hydrogen-bond donors (Lipinski definition) is 2. The highest BCUT2D eigenvalue weighted by atomic mass is 16.4. The number of aromatic nitrogens is 2. The molecule has 2 rings (SSSR count). The van der Waals surface area contributed by atoms with Crippen LogP contribution in [0.4, 0.5) is 6.01 Å². The minimum atomic E-state index is -0.213. The third-order valence-corrected chi connectivity index (χ3v) is 3.29. The Kier molecular flexibility index (Phi) is 4.54. The summed E-state index contributed by atoms with van der Waals surface area (Å²) in [7, 11) is 0. The molecule has 6 nitrogen and oxygen atoms in total. The Morgan fingerprint density at radius 2 is 2.33 bits per heavy atom. The van der Waals surface area contributed by atoms with Gasteiger partial charge in [0.15, 0.2) is 0 Å². The van der Waals surface area contributed by atoms with E-state index >= 15 is 0 Å². The highest BCUT2D eigenvalue weighted by Gasteiger charge is 2.27. The van der Waals surface area contributed by atoms with Crippen LogP contribution in [0.25, 0.3) is 0 Å². The predicted octanol–water partition coefficient (Wildman–Crippen LogP) is 0.776. The summed E-state index contributed by atoms with van der Waals surface area (Å²) in [5.74, 6) is 0.865. The van der Waals surface area contributed by atoms with Crippen molar-refractivity contribution in [2.45, 2.75) is 39.3 Å². The average Bonchev–Trinajstić information content (AvgIpc) is 2.82. The van der Waals surface area contributed by atoms with E-state index < -0.39 is 0 Å². The summed E-state index contributed by atoms with van der Waals surface area (Å²) in [6.07, 6.45) is 1.63. The molecule has 0 aliphatic carbocycles. The first kappa shape index (κ1) is 13.3. The maximum absolute atomic E-state index is 9.69. The van der Waals surface area contributed by atoms with Crippen LogP contribution < -0.4 is 10.2 Å². The van der Waals surface area contributed by atoms with Gasteiger partial charge in [-0.25, -0.2) is 0 Å². The second-order valence-corrected chi connectivity index (χ2v) is 4.93. The Morgan fingerprint density at radius 1 is 1.50 bits per heavy atom. The van der Waals surface area contributed by atoms with Gasteiger partial charge in [-0.1, -0.05) is 18.9 Å². The van der Waals surface area contributed by atoms with Crippen LogP contribution in [0.1, 0.15) is 32.6 Å². The van der Waals surface area contributed by atoms with Crippen LogP contribution in [0, 0.1) is 5.92 Å². The molecular weight excluding hydrogens is 232 g/mol. The van der Waals surface area contributed by atoms with Crippen molar-refractivity contribution in [3.63, 3.8) is 0 Å². The van der Waals surface area contributed by atoms with Crippen LogP contribution in [-0.2, 0) is 6.54 Å². The lowest BCUT2D eigenvalue weighted by molar-refractivity contribution is 0.0955. The van der Waals surface area contributed by atoms with Crippen molar-refractivity contribution < 1.29 is 9.52 Å². The molecule has 1 aromatic rings. The topological polar surface area (TPSA) is 74.4 Å². The molecule has 6 heteroatoms. The summed E-state index contributed by atoms with van der Waals surface area (Å²) >= 11 is 0. The molecule has 0 spiro atoms. The number of rotatable bonds is 5. The smallest absolute Gasteiger partial charge is 0.318 e. The van der Waals surface area contributed by atoms with Crippen LogP contribution in [-0.4, -0.2) is 41.0 Å². The van der Waals surface area contributed by atoms with Gasteiger partial charge in [0.1, 0.15) is 0 Å². The average molecular weight is 254 g/mol. The fraction of sp³-hybridized carbons (Fsp3) is 0.833. The van der Waals surface area contributed by atoms with Crippen molar-refractivity contribution in [2.75, 3.05) is 24.5 Å². The maximum atomic E-state index is 9.69. The van der Waals surface area contributed by atoms with Gasteiger partial charge in [0.05, 0.1) is 12.6 Å². The maximum Gasteiger partial charge on any atom is 0.318 e. The van der Waals surface area contributed by atoms with E-state index in [0.29, 0.717) is 18.5 Å². The van der Waals surface area contributed by atoms with Crippen molar-refractivity contribution in [3.8, 4) is 0 Å². The summed E-state index contributed by atoms with van der Waals surface area (Å²) in [5.41, 5.74) is 0. The van der Waals surface area contributed by atoms with E-state index in [1.807, 2.05) is 11.8 Å². The second kappa shape index (κ2) is 6.15. The number of nitrogens with zero attached hydrogens (tertiary/aromatic N) is 3. The first-order valence-corrected chi connectivity index (χ1v) is 6.66. The molecule has 2 unspecified atom stereocenters. The molecule has 1 aliphatic rings. The Labute approximate surface area is 107 Å². The quantitative estimate of drug-likeness (QED) is 0.756. The van der Waals surface area contributed by atoms with E-state index in [2.05, 4.69) is 22.4 Å². The molecule has 0 amide bonds. The molecule has 1 aromatic heterocycles. The predicted molar refractivity (Wildman–Crippen MR) is 68.3 cm³/mol. The summed E-state index contributed by atoms with van der Waals surface area (Å²) < 4.78 is 5.61. The summed E-state index contributed by atoms with van der Waals surface area (Å²) in [5, 5.41) is 21.0. The van der Waals surface area contributed by atoms with Crippen molar-refractivity contribution in [2.24, 2.45) is 5.92 Å². The van der Waals surface area contributed by atoms with Crippen molar-refractivity contribution in [1.82, 2.24) is 15.5 Å². The lowest BCUT2D eigenvalue weighted by Crippen LogP contribution is -2.42. The van der Waals surface area contributed by atoms with E-state index in [1.165, 1.54) is 0 Å². The third kappa shape index (κ3) is 3.20. The molecule has 2 N–H and O–H groups in total. The van der Waals surface area contributed by atoms with Crippen molar-refractivity contribution >= 4 is 6.01 Å². The first-order chi connectivity index (χ1) is 8.70. The Hall–Kier alpha value is -1.14. The van der Waals surface area contributed by atoms with Crippen molar-refractivity contribution in [3.05, 3.63) is 5.89 Å². The Balaban J connectivity index is 1.89. The van der Waals surface area contributed by atoms with E-state index in [0.717, 1.165) is 32.5 Å². The molecule has 18 heavy (non-hydrogen) atoms. The number of hydrogen-bond acceptors (Lipinski definition) is 6. The molecule has 1 aliphatic heterocycles. The van der Waals surface area contributed by atoms with Gasteiger partial charge in [-0.05, 0) is 25.3 Å². The summed E-state index contributed by atoms with van der Waals surface area (Å²) in [4.78, 5) is 2.05. The lowest BCUT2D eigenvalue weighted by Gasteiger charge is -2.32. The standard InChI is InChI=1S/C12H22N4O2/c1-3-5-13-7-11-14-15-12(18-11)16-6-4-10(17)9(2)8-16/h9-10,13,17H,3-8H2,1-2H3. The van der Waals surface area contributed by atoms with Gasteiger partial charge in [0.25, 0.3) is 0 Å². The fourth-order valence-electron chi connectivity index (χ4n) is 2.12. The zero-order valence-corrected chi connectivity index (χ0v) is 11.1.